The van der Waals surface area contributed by atoms with Gasteiger partial charge in [-0.15, -0.1) is 0 Å². The Morgan fingerprint density at radius 2 is 1.79 bits per heavy atom. The standard InChI is InChI=1S/C15H12ClFO2/c1-9-5-13(6-10(2)15(9)16)19-14-4-3-12(17)7-11(14)8-18/h3-8H,1-2H3. The van der Waals surface area contributed by atoms with Crippen LogP contribution in [0.1, 0.15) is 21.5 Å². The molecule has 0 heterocycles. The van der Waals surface area contributed by atoms with Gasteiger partial charge in [0.25, 0.3) is 0 Å². The molecular formula is C15H12ClFO2. The van der Waals surface area contributed by atoms with Crippen LogP contribution in [-0.4, -0.2) is 6.29 Å². The van der Waals surface area contributed by atoms with Crippen LogP contribution in [-0.2, 0) is 0 Å². The maximum Gasteiger partial charge on any atom is 0.153 e. The average molecular weight is 279 g/mol. The monoisotopic (exact) mass is 278 g/mol. The summed E-state index contributed by atoms with van der Waals surface area (Å²) in [6.45, 7) is 3.74. The lowest BCUT2D eigenvalue weighted by molar-refractivity contribution is 0.112. The van der Waals surface area contributed by atoms with Crippen molar-refractivity contribution in [2.24, 2.45) is 0 Å². The van der Waals surface area contributed by atoms with Crippen LogP contribution in [0.25, 0.3) is 0 Å². The number of ether oxygens (including phenoxy) is 1. The molecule has 0 saturated carbocycles. The van der Waals surface area contributed by atoms with E-state index in [-0.39, 0.29) is 5.56 Å². The Morgan fingerprint density at radius 1 is 1.16 bits per heavy atom. The van der Waals surface area contributed by atoms with Crippen molar-refractivity contribution in [1.29, 1.82) is 0 Å². The Balaban J connectivity index is 2.39. The second-order valence-corrected chi connectivity index (χ2v) is 4.65. The number of rotatable bonds is 3. The van der Waals surface area contributed by atoms with Crippen LogP contribution in [0.4, 0.5) is 4.39 Å². The van der Waals surface area contributed by atoms with E-state index in [0.29, 0.717) is 22.8 Å². The fourth-order valence-corrected chi connectivity index (χ4v) is 1.91. The second-order valence-electron chi connectivity index (χ2n) is 4.27. The SMILES string of the molecule is Cc1cc(Oc2ccc(F)cc2C=O)cc(C)c1Cl. The largest absolute Gasteiger partial charge is 0.457 e. The minimum atomic E-state index is -0.474. The predicted molar refractivity (Wildman–Crippen MR) is 72.8 cm³/mol. The highest BCUT2D eigenvalue weighted by Crippen LogP contribution is 2.30. The van der Waals surface area contributed by atoms with Crippen molar-refractivity contribution in [2.45, 2.75) is 13.8 Å². The summed E-state index contributed by atoms with van der Waals surface area (Å²) in [6.07, 6.45) is 0.564. The van der Waals surface area contributed by atoms with Crippen LogP contribution >= 0.6 is 11.6 Å². The van der Waals surface area contributed by atoms with E-state index in [4.69, 9.17) is 16.3 Å². The first kappa shape index (κ1) is 13.6. The molecule has 2 nitrogen and oxygen atoms in total. The third kappa shape index (κ3) is 2.93. The first-order valence-corrected chi connectivity index (χ1v) is 6.08. The minimum Gasteiger partial charge on any atom is -0.457 e. The highest BCUT2D eigenvalue weighted by molar-refractivity contribution is 6.32. The zero-order valence-corrected chi connectivity index (χ0v) is 11.3. The number of hydrogen-bond donors (Lipinski definition) is 0. The first-order chi connectivity index (χ1) is 9.01. The number of aryl methyl sites for hydroxylation is 2. The molecule has 0 unspecified atom stereocenters. The van der Waals surface area contributed by atoms with E-state index >= 15 is 0 Å². The van der Waals surface area contributed by atoms with Gasteiger partial charge in [-0.25, -0.2) is 4.39 Å². The van der Waals surface area contributed by atoms with Crippen LogP contribution in [0.2, 0.25) is 5.02 Å². The van der Waals surface area contributed by atoms with Crippen molar-refractivity contribution >= 4 is 17.9 Å². The molecule has 0 N–H and O–H groups in total. The average Bonchev–Trinajstić information content (AvgIpc) is 2.38. The smallest absolute Gasteiger partial charge is 0.153 e. The molecule has 0 atom stereocenters. The molecule has 0 radical (unpaired) electrons. The molecule has 98 valence electrons. The van der Waals surface area contributed by atoms with Crippen LogP contribution in [0.5, 0.6) is 11.5 Å². The minimum absolute atomic E-state index is 0.172. The Kier molecular flexibility index (Phi) is 3.86. The number of halogens is 2. The lowest BCUT2D eigenvalue weighted by Crippen LogP contribution is -1.93. The number of hydrogen-bond acceptors (Lipinski definition) is 2. The quantitative estimate of drug-likeness (QED) is 0.761. The number of aldehydes is 1. The van der Waals surface area contributed by atoms with Gasteiger partial charge in [0.05, 0.1) is 5.56 Å². The van der Waals surface area contributed by atoms with Gasteiger partial charge >= 0.3 is 0 Å². The molecule has 19 heavy (non-hydrogen) atoms. The molecule has 0 amide bonds. The van der Waals surface area contributed by atoms with Gasteiger partial charge < -0.3 is 4.74 Å². The zero-order valence-electron chi connectivity index (χ0n) is 10.5. The molecule has 0 aliphatic heterocycles. The fraction of sp³-hybridized carbons (Fsp3) is 0.133. The van der Waals surface area contributed by atoms with Crippen molar-refractivity contribution in [3.8, 4) is 11.5 Å². The van der Waals surface area contributed by atoms with E-state index in [9.17, 15) is 9.18 Å². The highest BCUT2D eigenvalue weighted by atomic mass is 35.5. The molecule has 0 bridgehead atoms. The molecule has 2 rings (SSSR count). The fourth-order valence-electron chi connectivity index (χ4n) is 1.80. The Labute approximate surface area is 115 Å². The molecular weight excluding hydrogens is 267 g/mol. The summed E-state index contributed by atoms with van der Waals surface area (Å²) in [7, 11) is 0. The highest BCUT2D eigenvalue weighted by Gasteiger charge is 2.08. The van der Waals surface area contributed by atoms with Gasteiger partial charge in [0.1, 0.15) is 17.3 Å². The summed E-state index contributed by atoms with van der Waals surface area (Å²) in [6, 6.07) is 7.36. The number of carbonyl (C=O) groups excluding carboxylic acids is 1. The van der Waals surface area contributed by atoms with E-state index in [1.807, 2.05) is 13.8 Å². The van der Waals surface area contributed by atoms with Crippen molar-refractivity contribution in [3.05, 3.63) is 57.9 Å². The summed E-state index contributed by atoms with van der Waals surface area (Å²) < 4.78 is 18.6. The van der Waals surface area contributed by atoms with Gasteiger partial charge in [-0.2, -0.15) is 0 Å². The van der Waals surface area contributed by atoms with Crippen molar-refractivity contribution < 1.29 is 13.9 Å². The van der Waals surface area contributed by atoms with Crippen molar-refractivity contribution in [3.63, 3.8) is 0 Å². The summed E-state index contributed by atoms with van der Waals surface area (Å²) in [5, 5.41) is 0.682. The number of carbonyl (C=O) groups is 1. The zero-order chi connectivity index (χ0) is 14.0. The molecule has 2 aromatic carbocycles. The predicted octanol–water partition coefficient (Wildman–Crippen LogP) is 4.70. The van der Waals surface area contributed by atoms with Gasteiger partial charge in [-0.05, 0) is 55.3 Å². The summed E-state index contributed by atoms with van der Waals surface area (Å²) in [5.41, 5.74) is 1.93. The van der Waals surface area contributed by atoms with Gasteiger partial charge in [0.15, 0.2) is 6.29 Å². The topological polar surface area (TPSA) is 26.3 Å². The van der Waals surface area contributed by atoms with Crippen LogP contribution in [0.15, 0.2) is 30.3 Å². The summed E-state index contributed by atoms with van der Waals surface area (Å²) in [5.74, 6) is 0.407. The first-order valence-electron chi connectivity index (χ1n) is 5.70. The Hall–Kier alpha value is -1.87. The van der Waals surface area contributed by atoms with E-state index in [1.54, 1.807) is 12.1 Å². The van der Waals surface area contributed by atoms with E-state index < -0.39 is 5.82 Å². The summed E-state index contributed by atoms with van der Waals surface area (Å²) >= 11 is 6.07. The maximum atomic E-state index is 13.0. The molecule has 0 fully saturated rings. The van der Waals surface area contributed by atoms with E-state index in [0.717, 1.165) is 17.2 Å². The van der Waals surface area contributed by atoms with Gasteiger partial charge in [0, 0.05) is 5.02 Å². The Morgan fingerprint density at radius 3 is 2.37 bits per heavy atom. The molecule has 0 saturated heterocycles. The second kappa shape index (κ2) is 5.41. The van der Waals surface area contributed by atoms with Crippen molar-refractivity contribution in [1.82, 2.24) is 0 Å². The van der Waals surface area contributed by atoms with Gasteiger partial charge in [-0.1, -0.05) is 11.6 Å². The third-order valence-electron chi connectivity index (χ3n) is 2.74. The third-order valence-corrected chi connectivity index (χ3v) is 3.33. The van der Waals surface area contributed by atoms with E-state index in [1.165, 1.54) is 12.1 Å². The normalized spacial score (nSPS) is 10.3. The molecule has 0 aromatic heterocycles. The Bertz CT molecular complexity index is 615. The van der Waals surface area contributed by atoms with Crippen LogP contribution in [0.3, 0.4) is 0 Å². The molecule has 0 spiro atoms. The lowest BCUT2D eigenvalue weighted by atomic mass is 10.1. The van der Waals surface area contributed by atoms with Crippen LogP contribution < -0.4 is 4.74 Å². The maximum absolute atomic E-state index is 13.0. The lowest BCUT2D eigenvalue weighted by Gasteiger charge is -2.11. The molecule has 4 heteroatoms. The molecule has 0 aliphatic rings. The van der Waals surface area contributed by atoms with Crippen molar-refractivity contribution in [2.75, 3.05) is 0 Å². The van der Waals surface area contributed by atoms with Gasteiger partial charge in [-0.3, -0.25) is 4.79 Å². The molecule has 0 aliphatic carbocycles. The number of benzene rings is 2. The van der Waals surface area contributed by atoms with Crippen LogP contribution in [0, 0.1) is 19.7 Å². The summed E-state index contributed by atoms with van der Waals surface area (Å²) in [4.78, 5) is 10.9. The van der Waals surface area contributed by atoms with E-state index in [2.05, 4.69) is 0 Å². The van der Waals surface area contributed by atoms with Gasteiger partial charge in [0.2, 0.25) is 0 Å². The molecule has 2 aromatic rings.